The van der Waals surface area contributed by atoms with E-state index in [9.17, 15) is 8.78 Å². The molecule has 2 rings (SSSR count). The number of anilines is 1. The van der Waals surface area contributed by atoms with E-state index in [4.69, 9.17) is 11.6 Å². The summed E-state index contributed by atoms with van der Waals surface area (Å²) < 4.78 is 26.3. The van der Waals surface area contributed by atoms with Crippen LogP contribution in [0.3, 0.4) is 0 Å². The predicted molar refractivity (Wildman–Crippen MR) is 64.3 cm³/mol. The molecular weight excluding hydrogens is 246 g/mol. The van der Waals surface area contributed by atoms with Crippen molar-refractivity contribution in [1.29, 1.82) is 0 Å². The standard InChI is InChI=1S/C12H15ClF2N2/c13-8-12(4-2-1-3-5-12)17-11-10(15)6-9(14)7-16-11/h6-7H,1-5,8H2,(H,16,17). The van der Waals surface area contributed by atoms with Gasteiger partial charge in [0.2, 0.25) is 0 Å². The lowest BCUT2D eigenvalue weighted by Crippen LogP contribution is -2.42. The summed E-state index contributed by atoms with van der Waals surface area (Å²) in [5.41, 5.74) is -0.300. The van der Waals surface area contributed by atoms with E-state index < -0.39 is 11.6 Å². The Kier molecular flexibility index (Phi) is 3.82. The fraction of sp³-hybridized carbons (Fsp3) is 0.583. The first-order valence-electron chi connectivity index (χ1n) is 5.80. The molecule has 0 spiro atoms. The van der Waals surface area contributed by atoms with Gasteiger partial charge in [-0.3, -0.25) is 0 Å². The average molecular weight is 261 g/mol. The number of hydrogen-bond donors (Lipinski definition) is 1. The molecule has 0 bridgehead atoms. The first-order chi connectivity index (χ1) is 8.15. The molecule has 1 aromatic rings. The van der Waals surface area contributed by atoms with Gasteiger partial charge in [-0.15, -0.1) is 11.6 Å². The molecule has 0 aromatic carbocycles. The third kappa shape index (κ3) is 2.86. The molecule has 17 heavy (non-hydrogen) atoms. The van der Waals surface area contributed by atoms with E-state index in [1.54, 1.807) is 0 Å². The first-order valence-corrected chi connectivity index (χ1v) is 6.34. The molecule has 0 amide bonds. The molecule has 2 nitrogen and oxygen atoms in total. The number of pyridine rings is 1. The van der Waals surface area contributed by atoms with Crippen molar-refractivity contribution < 1.29 is 8.78 Å². The SMILES string of the molecule is Fc1cnc(NC2(CCl)CCCCC2)c(F)c1. The zero-order valence-electron chi connectivity index (χ0n) is 9.48. The monoisotopic (exact) mass is 260 g/mol. The van der Waals surface area contributed by atoms with Gasteiger partial charge in [-0.1, -0.05) is 19.3 Å². The Morgan fingerprint density at radius 2 is 2.00 bits per heavy atom. The Morgan fingerprint density at radius 3 is 2.59 bits per heavy atom. The molecular formula is C12H15ClF2N2. The molecule has 1 fully saturated rings. The van der Waals surface area contributed by atoms with Gasteiger partial charge >= 0.3 is 0 Å². The molecule has 1 aliphatic carbocycles. The summed E-state index contributed by atoms with van der Waals surface area (Å²) in [5, 5.41) is 3.05. The third-order valence-electron chi connectivity index (χ3n) is 3.26. The normalized spacial score (nSPS) is 19.0. The van der Waals surface area contributed by atoms with Crippen LogP contribution in [0.5, 0.6) is 0 Å². The van der Waals surface area contributed by atoms with Crippen molar-refractivity contribution in [3.63, 3.8) is 0 Å². The molecule has 0 unspecified atom stereocenters. The van der Waals surface area contributed by atoms with Crippen molar-refractivity contribution in [2.45, 2.75) is 37.6 Å². The molecule has 0 aliphatic heterocycles. The summed E-state index contributed by atoms with van der Waals surface area (Å²) in [6, 6.07) is 0.833. The molecule has 1 saturated carbocycles. The Bertz CT molecular complexity index is 392. The smallest absolute Gasteiger partial charge is 0.168 e. The molecule has 1 aliphatic rings. The van der Waals surface area contributed by atoms with Crippen LogP contribution in [0, 0.1) is 11.6 Å². The second kappa shape index (κ2) is 5.17. The summed E-state index contributed by atoms with van der Waals surface area (Å²) >= 11 is 5.98. The highest BCUT2D eigenvalue weighted by atomic mass is 35.5. The quantitative estimate of drug-likeness (QED) is 0.838. The van der Waals surface area contributed by atoms with Crippen molar-refractivity contribution >= 4 is 17.4 Å². The van der Waals surface area contributed by atoms with E-state index in [-0.39, 0.29) is 11.4 Å². The molecule has 94 valence electrons. The first kappa shape index (κ1) is 12.6. The van der Waals surface area contributed by atoms with Gasteiger partial charge in [-0.05, 0) is 12.8 Å². The van der Waals surface area contributed by atoms with Gasteiger partial charge < -0.3 is 5.32 Å². The molecule has 1 heterocycles. The van der Waals surface area contributed by atoms with Gasteiger partial charge in [0, 0.05) is 11.9 Å². The highest BCUT2D eigenvalue weighted by molar-refractivity contribution is 6.18. The number of rotatable bonds is 3. The summed E-state index contributed by atoms with van der Waals surface area (Å²) in [7, 11) is 0. The largest absolute Gasteiger partial charge is 0.361 e. The van der Waals surface area contributed by atoms with Crippen LogP contribution in [0.4, 0.5) is 14.6 Å². The third-order valence-corrected chi connectivity index (χ3v) is 3.77. The zero-order chi connectivity index (χ0) is 12.3. The van der Waals surface area contributed by atoms with Gasteiger partial charge in [-0.25, -0.2) is 13.8 Å². The summed E-state index contributed by atoms with van der Waals surface area (Å²) in [6.45, 7) is 0. The van der Waals surface area contributed by atoms with Crippen molar-refractivity contribution in [1.82, 2.24) is 4.98 Å². The molecule has 0 saturated heterocycles. The predicted octanol–water partition coefficient (Wildman–Crippen LogP) is 3.71. The fourth-order valence-electron chi connectivity index (χ4n) is 2.28. The summed E-state index contributed by atoms with van der Waals surface area (Å²) in [6.07, 6.45) is 6.13. The molecule has 0 atom stereocenters. The number of aromatic nitrogens is 1. The van der Waals surface area contributed by atoms with Crippen LogP contribution >= 0.6 is 11.6 Å². The minimum atomic E-state index is -0.670. The molecule has 1 aromatic heterocycles. The number of hydrogen-bond acceptors (Lipinski definition) is 2. The Balaban J connectivity index is 2.17. The average Bonchev–Trinajstić information content (AvgIpc) is 2.34. The number of alkyl halides is 1. The maximum Gasteiger partial charge on any atom is 0.168 e. The second-order valence-electron chi connectivity index (χ2n) is 4.58. The van der Waals surface area contributed by atoms with E-state index in [1.165, 1.54) is 6.42 Å². The van der Waals surface area contributed by atoms with Crippen LogP contribution in [0.25, 0.3) is 0 Å². The Labute approximate surface area is 104 Å². The summed E-state index contributed by atoms with van der Waals surface area (Å²) in [4.78, 5) is 3.75. The molecule has 0 radical (unpaired) electrons. The van der Waals surface area contributed by atoms with Gasteiger partial charge in [0.05, 0.1) is 11.7 Å². The number of nitrogens with zero attached hydrogens (tertiary/aromatic N) is 1. The van der Waals surface area contributed by atoms with Crippen molar-refractivity contribution in [2.24, 2.45) is 0 Å². The minimum Gasteiger partial charge on any atom is -0.361 e. The Morgan fingerprint density at radius 1 is 1.29 bits per heavy atom. The van der Waals surface area contributed by atoms with Crippen LogP contribution in [-0.4, -0.2) is 16.4 Å². The van der Waals surface area contributed by atoms with E-state index in [2.05, 4.69) is 10.3 Å². The highest BCUT2D eigenvalue weighted by Crippen LogP contribution is 2.32. The van der Waals surface area contributed by atoms with E-state index in [0.29, 0.717) is 5.88 Å². The maximum absolute atomic E-state index is 13.5. The Hall–Kier alpha value is -0.900. The van der Waals surface area contributed by atoms with E-state index in [1.807, 2.05) is 0 Å². The lowest BCUT2D eigenvalue weighted by Gasteiger charge is -2.36. The maximum atomic E-state index is 13.5. The van der Waals surface area contributed by atoms with Crippen LogP contribution in [-0.2, 0) is 0 Å². The van der Waals surface area contributed by atoms with Crippen LogP contribution < -0.4 is 5.32 Å². The lowest BCUT2D eigenvalue weighted by atomic mass is 9.83. The highest BCUT2D eigenvalue weighted by Gasteiger charge is 2.32. The topological polar surface area (TPSA) is 24.9 Å². The van der Waals surface area contributed by atoms with E-state index >= 15 is 0 Å². The van der Waals surface area contributed by atoms with E-state index in [0.717, 1.165) is 37.9 Å². The number of nitrogens with one attached hydrogen (secondary N) is 1. The number of halogens is 3. The second-order valence-corrected chi connectivity index (χ2v) is 4.85. The molecule has 1 N–H and O–H groups in total. The molecule has 5 heteroatoms. The van der Waals surface area contributed by atoms with Crippen molar-refractivity contribution in [3.8, 4) is 0 Å². The zero-order valence-corrected chi connectivity index (χ0v) is 10.2. The fourth-order valence-corrected chi connectivity index (χ4v) is 2.61. The van der Waals surface area contributed by atoms with Gasteiger partial charge in [0.25, 0.3) is 0 Å². The van der Waals surface area contributed by atoms with Gasteiger partial charge in [0.15, 0.2) is 11.6 Å². The van der Waals surface area contributed by atoms with Crippen molar-refractivity contribution in [2.75, 3.05) is 11.2 Å². The lowest BCUT2D eigenvalue weighted by molar-refractivity contribution is 0.350. The van der Waals surface area contributed by atoms with Crippen LogP contribution in [0.15, 0.2) is 12.3 Å². The van der Waals surface area contributed by atoms with Gasteiger partial charge in [-0.2, -0.15) is 0 Å². The van der Waals surface area contributed by atoms with Crippen molar-refractivity contribution in [3.05, 3.63) is 23.9 Å². The van der Waals surface area contributed by atoms with Gasteiger partial charge in [0.1, 0.15) is 5.82 Å². The summed E-state index contributed by atoms with van der Waals surface area (Å²) in [5.74, 6) is -0.837. The van der Waals surface area contributed by atoms with Crippen LogP contribution in [0.1, 0.15) is 32.1 Å². The minimum absolute atomic E-state index is 0.0916. The van der Waals surface area contributed by atoms with Crippen LogP contribution in [0.2, 0.25) is 0 Å².